The van der Waals surface area contributed by atoms with Crippen LogP contribution >= 0.6 is 0 Å². The van der Waals surface area contributed by atoms with Crippen molar-refractivity contribution >= 4 is 35.0 Å². The van der Waals surface area contributed by atoms with Crippen LogP contribution in [0.1, 0.15) is 49.5 Å². The lowest BCUT2D eigenvalue weighted by Gasteiger charge is -2.47. The van der Waals surface area contributed by atoms with Crippen LogP contribution < -0.4 is 9.64 Å². The highest BCUT2D eigenvalue weighted by molar-refractivity contribution is 6.25. The van der Waals surface area contributed by atoms with Crippen LogP contribution in [0.25, 0.3) is 0 Å². The second-order valence-corrected chi connectivity index (χ2v) is 9.59. The van der Waals surface area contributed by atoms with Crippen molar-refractivity contribution in [2.75, 3.05) is 19.0 Å². The van der Waals surface area contributed by atoms with Crippen molar-refractivity contribution < 1.29 is 43.7 Å². The quantitative estimate of drug-likeness (QED) is 0.361. The van der Waals surface area contributed by atoms with E-state index >= 15 is 0 Å². The number of hydrogen-bond acceptors (Lipinski definition) is 10. The molecule has 190 valence electrons. The van der Waals surface area contributed by atoms with Gasteiger partial charge in [-0.05, 0) is 43.4 Å². The van der Waals surface area contributed by atoms with Crippen molar-refractivity contribution in [3.8, 4) is 5.75 Å². The predicted octanol–water partition coefficient (Wildman–Crippen LogP) is 2.54. The average Bonchev–Trinajstić information content (AvgIpc) is 2.74. The summed E-state index contributed by atoms with van der Waals surface area (Å²) >= 11 is 0. The zero-order chi connectivity index (χ0) is 26.7. The van der Waals surface area contributed by atoms with E-state index in [1.165, 1.54) is 13.0 Å². The standard InChI is InChI=1S/C26H27NO9/c1-11(28)20-18(31)10-15-8-14-9-16-17(27(4)5)6-7-19(35-12(2)29)22(16)23(32)21(14)25(34)26(15,24(20)33)36-13(3)30/h6-7,14-15,31,34H,8-10H2,1-5H3/t14-,15+,26-/m1/s1. The molecule has 1 aromatic rings. The Labute approximate surface area is 207 Å². The third kappa shape index (κ3) is 3.59. The molecule has 2 N–H and O–H groups in total. The maximum atomic E-state index is 13.9. The first-order valence-corrected chi connectivity index (χ1v) is 11.5. The van der Waals surface area contributed by atoms with Crippen LogP contribution in [-0.4, -0.2) is 59.2 Å². The number of ketones is 3. The fourth-order valence-corrected chi connectivity index (χ4v) is 5.74. The van der Waals surface area contributed by atoms with Crippen molar-refractivity contribution in [2.45, 2.75) is 45.6 Å². The first kappa shape index (κ1) is 25.2. The molecule has 0 amide bonds. The van der Waals surface area contributed by atoms with Gasteiger partial charge in [0.1, 0.15) is 17.1 Å². The zero-order valence-electron chi connectivity index (χ0n) is 20.6. The second-order valence-electron chi connectivity index (χ2n) is 9.59. The molecule has 0 saturated heterocycles. The fourth-order valence-electron chi connectivity index (χ4n) is 5.74. The van der Waals surface area contributed by atoms with Crippen LogP contribution in [0.4, 0.5) is 5.69 Å². The van der Waals surface area contributed by atoms with Gasteiger partial charge in [-0.25, -0.2) is 0 Å². The summed E-state index contributed by atoms with van der Waals surface area (Å²) in [7, 11) is 3.60. The van der Waals surface area contributed by atoms with E-state index in [4.69, 9.17) is 9.47 Å². The zero-order valence-corrected chi connectivity index (χ0v) is 20.6. The highest BCUT2D eigenvalue weighted by atomic mass is 16.6. The second kappa shape index (κ2) is 8.61. The van der Waals surface area contributed by atoms with Crippen LogP contribution in [0.2, 0.25) is 0 Å². The van der Waals surface area contributed by atoms with Gasteiger partial charge in [-0.2, -0.15) is 0 Å². The van der Waals surface area contributed by atoms with Crippen molar-refractivity contribution in [1.82, 2.24) is 0 Å². The number of carbonyl (C=O) groups is 5. The third-order valence-corrected chi connectivity index (χ3v) is 7.02. The third-order valence-electron chi connectivity index (χ3n) is 7.02. The summed E-state index contributed by atoms with van der Waals surface area (Å²) in [5, 5.41) is 22.0. The molecule has 0 bridgehead atoms. The molecule has 36 heavy (non-hydrogen) atoms. The molecule has 0 heterocycles. The van der Waals surface area contributed by atoms with Gasteiger partial charge in [0.15, 0.2) is 17.3 Å². The Balaban J connectivity index is 1.99. The molecule has 10 nitrogen and oxygen atoms in total. The number of Topliss-reactive ketones (excluding diaryl/α,β-unsaturated/α-hetero) is 3. The largest absolute Gasteiger partial charge is 0.511 e. The molecular formula is C26H27NO9. The van der Waals surface area contributed by atoms with Crippen LogP contribution in [0.5, 0.6) is 5.75 Å². The Morgan fingerprint density at radius 3 is 2.25 bits per heavy atom. The van der Waals surface area contributed by atoms with Gasteiger partial charge >= 0.3 is 11.9 Å². The van der Waals surface area contributed by atoms with Crippen LogP contribution in [-0.2, 0) is 30.3 Å². The molecule has 0 fully saturated rings. The van der Waals surface area contributed by atoms with Gasteiger partial charge in [-0.3, -0.25) is 24.0 Å². The number of rotatable bonds is 4. The van der Waals surface area contributed by atoms with E-state index in [9.17, 15) is 34.2 Å². The minimum absolute atomic E-state index is 0.00689. The van der Waals surface area contributed by atoms with Crippen LogP contribution in [0.15, 0.2) is 34.8 Å². The molecule has 0 aliphatic heterocycles. The molecule has 3 aliphatic rings. The van der Waals surface area contributed by atoms with Gasteiger partial charge in [0.25, 0.3) is 0 Å². The minimum Gasteiger partial charge on any atom is -0.511 e. The van der Waals surface area contributed by atoms with Crippen molar-refractivity contribution in [3.63, 3.8) is 0 Å². The molecule has 0 unspecified atom stereocenters. The monoisotopic (exact) mass is 497 g/mol. The normalized spacial score (nSPS) is 25.0. The Bertz CT molecular complexity index is 1300. The van der Waals surface area contributed by atoms with Gasteiger partial charge in [-0.15, -0.1) is 0 Å². The predicted molar refractivity (Wildman–Crippen MR) is 126 cm³/mol. The first-order chi connectivity index (χ1) is 16.8. The Morgan fingerprint density at radius 1 is 1.03 bits per heavy atom. The SMILES string of the molecule is CC(=O)Oc1ccc(N(C)C)c2c1C(=O)C1=C(O)[C@]3(OC(C)=O)C(=O)C(C(C)=O)=C(O)C[C@@H]3C[C@@H]1C2. The molecule has 0 aromatic heterocycles. The maximum absolute atomic E-state index is 13.9. The van der Waals surface area contributed by atoms with E-state index in [0.717, 1.165) is 13.8 Å². The van der Waals surface area contributed by atoms with Crippen molar-refractivity contribution in [3.05, 3.63) is 45.9 Å². The summed E-state index contributed by atoms with van der Waals surface area (Å²) < 4.78 is 10.7. The highest BCUT2D eigenvalue weighted by Crippen LogP contribution is 2.54. The van der Waals surface area contributed by atoms with Crippen LogP contribution in [0.3, 0.4) is 0 Å². The van der Waals surface area contributed by atoms with E-state index < -0.39 is 63.8 Å². The molecule has 10 heteroatoms. The molecular weight excluding hydrogens is 470 g/mol. The Morgan fingerprint density at radius 2 is 1.69 bits per heavy atom. The fraction of sp³-hybridized carbons (Fsp3) is 0.423. The number of ether oxygens (including phenoxy) is 2. The average molecular weight is 498 g/mol. The number of anilines is 1. The molecule has 4 rings (SSSR count). The summed E-state index contributed by atoms with van der Waals surface area (Å²) in [5.41, 5.74) is -1.64. The lowest BCUT2D eigenvalue weighted by Crippen LogP contribution is -2.59. The number of nitrogens with zero attached hydrogens (tertiary/aromatic N) is 1. The topological polar surface area (TPSA) is 148 Å². The Kier molecular flexibility index (Phi) is 6.02. The molecule has 3 atom stereocenters. The van der Waals surface area contributed by atoms with Crippen molar-refractivity contribution in [2.24, 2.45) is 11.8 Å². The van der Waals surface area contributed by atoms with Crippen molar-refractivity contribution in [1.29, 1.82) is 0 Å². The molecule has 0 spiro atoms. The Hall–Kier alpha value is -3.95. The smallest absolute Gasteiger partial charge is 0.308 e. The lowest BCUT2D eigenvalue weighted by atomic mass is 9.60. The lowest BCUT2D eigenvalue weighted by molar-refractivity contribution is -0.173. The highest BCUT2D eigenvalue weighted by Gasteiger charge is 2.62. The van der Waals surface area contributed by atoms with E-state index in [2.05, 4.69) is 0 Å². The first-order valence-electron chi connectivity index (χ1n) is 11.5. The summed E-state index contributed by atoms with van der Waals surface area (Å²) in [4.78, 5) is 65.3. The molecule has 1 aromatic carbocycles. The summed E-state index contributed by atoms with van der Waals surface area (Å²) in [6.45, 7) is 3.33. The van der Waals surface area contributed by atoms with E-state index in [-0.39, 0.29) is 36.1 Å². The van der Waals surface area contributed by atoms with Gasteiger partial charge in [-0.1, -0.05) is 0 Å². The van der Waals surface area contributed by atoms with Crippen LogP contribution in [0, 0.1) is 11.8 Å². The summed E-state index contributed by atoms with van der Waals surface area (Å²) in [5.74, 6) is -6.70. The number of aliphatic hydroxyl groups is 2. The summed E-state index contributed by atoms with van der Waals surface area (Å²) in [6, 6.07) is 3.21. The number of fused-ring (bicyclic) bond motifs is 3. The minimum atomic E-state index is -2.32. The van der Waals surface area contributed by atoms with E-state index in [1.807, 2.05) is 4.90 Å². The molecule has 3 aliphatic carbocycles. The summed E-state index contributed by atoms with van der Waals surface area (Å²) in [6.07, 6.45) is 0.175. The number of aliphatic hydroxyl groups excluding tert-OH is 2. The number of carbonyl (C=O) groups excluding carboxylic acids is 5. The van der Waals surface area contributed by atoms with E-state index in [0.29, 0.717) is 11.3 Å². The van der Waals surface area contributed by atoms with E-state index in [1.54, 1.807) is 20.2 Å². The number of esters is 2. The number of benzene rings is 1. The maximum Gasteiger partial charge on any atom is 0.308 e. The number of hydrogen-bond donors (Lipinski definition) is 2. The number of allylic oxidation sites excluding steroid dienone is 2. The van der Waals surface area contributed by atoms with Gasteiger partial charge in [0.2, 0.25) is 11.4 Å². The molecule has 0 saturated carbocycles. The van der Waals surface area contributed by atoms with Gasteiger partial charge < -0.3 is 24.6 Å². The molecule has 0 radical (unpaired) electrons. The van der Waals surface area contributed by atoms with Gasteiger partial charge in [0, 0.05) is 51.5 Å². The van der Waals surface area contributed by atoms with Gasteiger partial charge in [0.05, 0.1) is 5.56 Å².